The summed E-state index contributed by atoms with van der Waals surface area (Å²) >= 11 is 0. The molecule has 37 heteroatoms. The largest absolute Gasteiger partial charge is 0.435 e. The van der Waals surface area contributed by atoms with Crippen LogP contribution in [-0.4, -0.2) is 250 Å². The number of halogens is 5. The Balaban J connectivity index is 0.000000111. The van der Waals surface area contributed by atoms with Crippen LogP contribution in [0.1, 0.15) is 182 Å². The number of carbonyl (C=O) groups is 4. The van der Waals surface area contributed by atoms with Crippen molar-refractivity contribution in [1.29, 1.82) is 0 Å². The van der Waals surface area contributed by atoms with Gasteiger partial charge in [-0.15, -0.1) is 0 Å². The number of aryl methyl sites for hydroxylation is 8. The molecular weight excluding hydrogens is 1790 g/mol. The zero-order valence-corrected chi connectivity index (χ0v) is 81.5. The topological polar surface area (TPSA) is 262 Å². The molecule has 0 N–H and O–H groups in total. The quantitative estimate of drug-likeness (QED) is 0.0971. The van der Waals surface area contributed by atoms with E-state index in [1.807, 2.05) is 91.9 Å². The molecule has 32 nitrogen and oxygen atoms in total. The fourth-order valence-electron chi connectivity index (χ4n) is 22.8. The summed E-state index contributed by atoms with van der Waals surface area (Å²) < 4.78 is 92.8. The third kappa shape index (κ3) is 18.1. The Labute approximate surface area is 810 Å². The maximum Gasteiger partial charge on any atom is 0.435 e. The van der Waals surface area contributed by atoms with E-state index in [2.05, 4.69) is 131 Å². The third-order valence-electron chi connectivity index (χ3n) is 30.5. The van der Waals surface area contributed by atoms with E-state index in [9.17, 15) is 41.1 Å². The Hall–Kier alpha value is -12.9. The lowest BCUT2D eigenvalue weighted by Crippen LogP contribution is -2.37. The Bertz CT molecular complexity index is 6710. The highest BCUT2D eigenvalue weighted by Gasteiger charge is 2.43. The van der Waals surface area contributed by atoms with Crippen LogP contribution in [0.15, 0.2) is 110 Å². The summed E-state index contributed by atoms with van der Waals surface area (Å²) in [6.45, 7) is 22.3. The van der Waals surface area contributed by atoms with Gasteiger partial charge < -0.3 is 58.5 Å². The van der Waals surface area contributed by atoms with Gasteiger partial charge in [-0.1, -0.05) is 24.3 Å². The number of benzene rings is 4. The van der Waals surface area contributed by atoms with Crippen molar-refractivity contribution in [2.75, 3.05) is 139 Å². The minimum absolute atomic E-state index is 0.0458. The molecule has 736 valence electrons. The van der Waals surface area contributed by atoms with Crippen molar-refractivity contribution < 1.29 is 50.6 Å². The van der Waals surface area contributed by atoms with Crippen molar-refractivity contribution in [2.45, 2.75) is 187 Å². The molecule has 140 heavy (non-hydrogen) atoms. The van der Waals surface area contributed by atoms with Crippen LogP contribution in [0.25, 0.3) is 44.6 Å². The van der Waals surface area contributed by atoms with Gasteiger partial charge in [-0.05, 0) is 198 Å². The molecule has 24 rings (SSSR count). The number of likely N-dealkylation sites (tertiary alicyclic amines) is 2. The number of anilines is 8. The number of likely N-dealkylation sites (N-methyl/N-ethyl adjacent to an activating group) is 1. The smallest absolute Gasteiger partial charge is 0.377 e. The zero-order chi connectivity index (χ0) is 97.0. The van der Waals surface area contributed by atoms with Crippen molar-refractivity contribution in [3.05, 3.63) is 189 Å². The number of piperidine rings is 1. The first-order chi connectivity index (χ1) is 67.6. The highest BCUT2D eigenvalue weighted by molar-refractivity contribution is 5.82. The fourth-order valence-corrected chi connectivity index (χ4v) is 22.8. The molecule has 0 radical (unpaired) electrons. The van der Waals surface area contributed by atoms with Crippen LogP contribution < -0.4 is 19.6 Å². The van der Waals surface area contributed by atoms with Crippen molar-refractivity contribution in [3.63, 3.8) is 0 Å². The van der Waals surface area contributed by atoms with Gasteiger partial charge in [0, 0.05) is 249 Å². The molecule has 8 aromatic heterocycles. The molecule has 0 saturated carbocycles. The standard InChI is InChI=1S/C27H35N7O.C26H33N7O.C25H27F3N6O2.C25H28F2N6O2/c1-19(35)32-14-10-26-24(18-32)27(29-34(26)23-8-12-30(2)13-9-23)33-11-4-5-21-15-20(6-7-25(21)33)22-16-28-31(3)17-22;1-18(34)31-12-9-25-23(17-31)26(28-33(25)22-8-11-29(2)16-22)32-10-4-5-20-13-19(6-7-24(20)32)21-14-27-30(3)15-21;1-15(35)32-9-7-21-19(12-32)24(30-34(21)18-13-36-14-18)33-8-3-4-16-10-17(5-6-20(16)33)22-11-23(25(26,27)28)29-31(22)2;1-15(34)31-9-7-22-20(12-31)25(29-33(22)18-13-35-14-18)32-8-3-4-17-10-16(5-6-21(17)32)19-11-30(2)28-23(19)24(26)27/h6-7,15-17,23H,4-5,8-14,18H2,1-3H3;6-7,13-15,22H,4-5,8-12,16-17H2,1-3H3;5-6,10-11,18H,3-4,7-9,12-14H2,1-2H3;5-6,10-11,18,24H,3-4,7-9,12-14H2,1-2H3. The van der Waals surface area contributed by atoms with E-state index in [0.717, 1.165) is 247 Å². The lowest BCUT2D eigenvalue weighted by molar-refractivity contribution is -0.141. The average Bonchev–Trinajstić information content (AvgIpc) is 1.61. The highest BCUT2D eigenvalue weighted by Crippen LogP contribution is 2.49. The van der Waals surface area contributed by atoms with E-state index in [0.29, 0.717) is 94.6 Å². The molecule has 0 bridgehead atoms. The molecule has 4 aromatic carbocycles. The molecule has 0 spiro atoms. The number of alkyl halides is 5. The second kappa shape index (κ2) is 38.3. The Kier molecular flexibility index (Phi) is 25.5. The first-order valence-corrected chi connectivity index (χ1v) is 49.6. The molecule has 4 fully saturated rings. The summed E-state index contributed by atoms with van der Waals surface area (Å²) in [4.78, 5) is 70.6. The molecule has 12 aliphatic rings. The van der Waals surface area contributed by atoms with Crippen LogP contribution >= 0.6 is 0 Å². The van der Waals surface area contributed by atoms with E-state index in [1.165, 1.54) is 78.2 Å². The predicted molar refractivity (Wildman–Crippen MR) is 521 cm³/mol. The number of amides is 4. The van der Waals surface area contributed by atoms with Gasteiger partial charge in [-0.2, -0.15) is 54.0 Å². The van der Waals surface area contributed by atoms with Crippen molar-refractivity contribution in [1.82, 2.24) is 108 Å². The molecule has 12 aromatic rings. The van der Waals surface area contributed by atoms with E-state index in [1.54, 1.807) is 40.9 Å². The number of nitrogens with zero attached hydrogens (tertiary/aromatic N) is 26. The molecule has 4 amide bonds. The number of rotatable bonds is 13. The monoisotopic (exact) mass is 1920 g/mol. The SMILES string of the molecule is CC(=O)N1CCc2c(c(N3CCCc4cc(-c5cc(C(F)(F)F)nn5C)ccc43)nn2C2COC2)C1.CC(=O)N1CCc2c(c(N3CCCc4cc(-c5cn(C)nc5C(F)F)ccc43)nn2C2COC2)C1.CC(=O)N1CCc2c(c(N3CCCc4cc(-c5cnn(C)c5)ccc43)nn2C2CCN(C)C2)C1.CC(=O)N1CCc2c(c(N3CCCc4cc(-c5cnn(C)c5)ccc43)nn2C2CCN(C)CC2)C1. The maximum atomic E-state index is 13.6. The summed E-state index contributed by atoms with van der Waals surface area (Å²) in [5, 5.41) is 37.0. The predicted octanol–water partition coefficient (Wildman–Crippen LogP) is 14.3. The van der Waals surface area contributed by atoms with E-state index >= 15 is 0 Å². The number of fused-ring (bicyclic) bond motifs is 8. The van der Waals surface area contributed by atoms with Crippen LogP contribution in [0, 0.1) is 0 Å². The highest BCUT2D eigenvalue weighted by atomic mass is 19.4. The summed E-state index contributed by atoms with van der Waals surface area (Å²) in [7, 11) is 11.5. The molecular formula is C103H123F5N26O6. The molecule has 20 heterocycles. The van der Waals surface area contributed by atoms with Crippen molar-refractivity contribution in [2.24, 2.45) is 28.2 Å². The number of carbonyl (C=O) groups excluding carboxylic acids is 4. The second-order valence-electron chi connectivity index (χ2n) is 39.8. The van der Waals surface area contributed by atoms with Crippen molar-refractivity contribution in [3.8, 4) is 44.6 Å². The number of hydrogen-bond acceptors (Lipinski definition) is 20. The Morgan fingerprint density at radius 3 is 1.06 bits per heavy atom. The van der Waals surface area contributed by atoms with Gasteiger partial charge in [0.1, 0.15) is 5.69 Å². The Morgan fingerprint density at radius 1 is 0.371 bits per heavy atom. The van der Waals surface area contributed by atoms with Gasteiger partial charge in [0.15, 0.2) is 29.0 Å². The average molecular weight is 1920 g/mol. The van der Waals surface area contributed by atoms with Gasteiger partial charge in [0.2, 0.25) is 23.6 Å². The molecule has 4 saturated heterocycles. The number of hydrogen-bond donors (Lipinski definition) is 0. The van der Waals surface area contributed by atoms with Crippen LogP contribution in [-0.2, 0) is 141 Å². The first kappa shape index (κ1) is 93.4. The van der Waals surface area contributed by atoms with E-state index in [4.69, 9.17) is 29.9 Å². The molecule has 1 atom stereocenters. The minimum atomic E-state index is -4.49. The molecule has 1 unspecified atom stereocenters. The maximum absolute atomic E-state index is 13.6. The van der Waals surface area contributed by atoms with Gasteiger partial charge in [0.25, 0.3) is 6.43 Å². The zero-order valence-electron chi connectivity index (χ0n) is 81.5. The number of ether oxygens (including phenoxy) is 2. The molecule has 12 aliphatic heterocycles. The van der Waals surface area contributed by atoms with Gasteiger partial charge in [-0.25, -0.2) is 8.78 Å². The summed E-state index contributed by atoms with van der Waals surface area (Å²) in [5.74, 6) is 4.25. The summed E-state index contributed by atoms with van der Waals surface area (Å²) in [5.41, 5.74) is 25.0. The van der Waals surface area contributed by atoms with E-state index in [-0.39, 0.29) is 41.4 Å². The van der Waals surface area contributed by atoms with Gasteiger partial charge in [0.05, 0.1) is 94.9 Å². The summed E-state index contributed by atoms with van der Waals surface area (Å²) in [6, 6.07) is 27.6. The van der Waals surface area contributed by atoms with Crippen molar-refractivity contribution >= 4 is 69.6 Å². The molecule has 0 aliphatic carbocycles. The van der Waals surface area contributed by atoms with Gasteiger partial charge in [-0.3, -0.25) is 56.6 Å². The third-order valence-corrected chi connectivity index (χ3v) is 30.5. The first-order valence-electron chi connectivity index (χ1n) is 49.6. The van der Waals surface area contributed by atoms with Crippen LogP contribution in [0.4, 0.5) is 68.0 Å². The summed E-state index contributed by atoms with van der Waals surface area (Å²) in [6.07, 6.45) is 17.0. The minimum Gasteiger partial charge on any atom is -0.377 e. The lowest BCUT2D eigenvalue weighted by Gasteiger charge is -2.33. The van der Waals surface area contributed by atoms with Crippen LogP contribution in [0.3, 0.4) is 0 Å². The van der Waals surface area contributed by atoms with E-state index < -0.39 is 18.3 Å². The second-order valence-corrected chi connectivity index (χ2v) is 39.8. The normalized spacial score (nSPS) is 18.9. The fraction of sp³-hybridized carbons (Fsp3) is 0.495. The number of aromatic nitrogens is 16. The lowest BCUT2D eigenvalue weighted by atomic mass is 9.95. The van der Waals surface area contributed by atoms with Crippen LogP contribution in [0.5, 0.6) is 0 Å². The van der Waals surface area contributed by atoms with Gasteiger partial charge >= 0.3 is 6.18 Å². The van der Waals surface area contributed by atoms with Crippen LogP contribution in [0.2, 0.25) is 0 Å². The Morgan fingerprint density at radius 2 is 0.721 bits per heavy atom.